The van der Waals surface area contributed by atoms with Gasteiger partial charge >= 0.3 is 0 Å². The number of thioether (sulfide) groups is 1. The van der Waals surface area contributed by atoms with Crippen LogP contribution in [0.5, 0.6) is 5.75 Å². The molecule has 0 spiro atoms. The van der Waals surface area contributed by atoms with Crippen molar-refractivity contribution >= 4 is 44.9 Å². The Hall–Kier alpha value is -2.32. The highest BCUT2D eigenvalue weighted by atomic mass is 32.2. The average Bonchev–Trinajstić information content (AvgIpc) is 3.04. The Bertz CT molecular complexity index is 1070. The first-order chi connectivity index (χ1) is 13.5. The number of methoxy groups -OCH3 is 1. The summed E-state index contributed by atoms with van der Waals surface area (Å²) in [5, 5.41) is 4.04. The lowest BCUT2D eigenvalue weighted by molar-refractivity contribution is -0.113. The summed E-state index contributed by atoms with van der Waals surface area (Å²) in [5.41, 5.74) is 1.76. The highest BCUT2D eigenvalue weighted by Gasteiger charge is 2.23. The SMILES string of the molecule is COc1ccc(NC(=O)CSc2nc3sc4c(c3c(=O)[nH]2)CC[C@H](C)C4)cc1. The summed E-state index contributed by atoms with van der Waals surface area (Å²) in [6.07, 6.45) is 3.07. The maximum atomic E-state index is 12.6. The molecule has 3 aromatic rings. The average molecular weight is 416 g/mol. The number of hydrogen-bond acceptors (Lipinski definition) is 6. The molecule has 0 radical (unpaired) electrons. The summed E-state index contributed by atoms with van der Waals surface area (Å²) in [7, 11) is 1.60. The van der Waals surface area contributed by atoms with Crippen LogP contribution in [0.15, 0.2) is 34.2 Å². The molecule has 0 unspecified atom stereocenters. The van der Waals surface area contributed by atoms with E-state index in [9.17, 15) is 9.59 Å². The minimum absolute atomic E-state index is 0.102. The molecule has 1 atom stereocenters. The van der Waals surface area contributed by atoms with E-state index in [2.05, 4.69) is 22.2 Å². The topological polar surface area (TPSA) is 84.1 Å². The number of carbonyl (C=O) groups is 1. The second-order valence-electron chi connectivity index (χ2n) is 6.97. The van der Waals surface area contributed by atoms with Crippen molar-refractivity contribution < 1.29 is 9.53 Å². The number of nitrogens with zero attached hydrogens (tertiary/aromatic N) is 1. The molecule has 1 aliphatic carbocycles. The number of thiophene rings is 1. The summed E-state index contributed by atoms with van der Waals surface area (Å²) in [4.78, 5) is 34.3. The molecule has 2 heterocycles. The van der Waals surface area contributed by atoms with Gasteiger partial charge in [-0.2, -0.15) is 0 Å². The van der Waals surface area contributed by atoms with Gasteiger partial charge in [0.05, 0.1) is 18.2 Å². The smallest absolute Gasteiger partial charge is 0.260 e. The summed E-state index contributed by atoms with van der Waals surface area (Å²) < 4.78 is 5.10. The number of amides is 1. The van der Waals surface area contributed by atoms with Crippen LogP contribution in [0.4, 0.5) is 5.69 Å². The zero-order valence-electron chi connectivity index (χ0n) is 15.7. The van der Waals surface area contributed by atoms with Gasteiger partial charge in [-0.15, -0.1) is 11.3 Å². The Morgan fingerprint density at radius 1 is 1.39 bits per heavy atom. The van der Waals surface area contributed by atoms with Crippen LogP contribution in [-0.2, 0) is 17.6 Å². The molecule has 0 bridgehead atoms. The Morgan fingerprint density at radius 2 is 2.18 bits per heavy atom. The molecule has 1 aliphatic rings. The molecule has 146 valence electrons. The number of aromatic amines is 1. The van der Waals surface area contributed by atoms with Gasteiger partial charge in [0.2, 0.25) is 5.91 Å². The molecule has 28 heavy (non-hydrogen) atoms. The summed E-state index contributed by atoms with van der Waals surface area (Å²) in [6.45, 7) is 2.24. The van der Waals surface area contributed by atoms with E-state index in [1.165, 1.54) is 22.2 Å². The molecule has 4 rings (SSSR count). The van der Waals surface area contributed by atoms with Gasteiger partial charge in [0.15, 0.2) is 5.16 Å². The lowest BCUT2D eigenvalue weighted by Crippen LogP contribution is -2.16. The van der Waals surface area contributed by atoms with Crippen LogP contribution < -0.4 is 15.6 Å². The van der Waals surface area contributed by atoms with E-state index < -0.39 is 0 Å². The minimum atomic E-state index is -0.155. The molecule has 0 aliphatic heterocycles. The highest BCUT2D eigenvalue weighted by Crippen LogP contribution is 2.36. The number of carbonyl (C=O) groups excluding carboxylic acids is 1. The maximum Gasteiger partial charge on any atom is 0.260 e. The van der Waals surface area contributed by atoms with Crippen molar-refractivity contribution in [1.82, 2.24) is 9.97 Å². The number of aryl methyl sites for hydroxylation is 1. The van der Waals surface area contributed by atoms with E-state index in [0.29, 0.717) is 16.8 Å². The molecule has 2 N–H and O–H groups in total. The van der Waals surface area contributed by atoms with Crippen LogP contribution in [0.3, 0.4) is 0 Å². The standard InChI is InChI=1S/C20H21N3O3S2/c1-11-3-8-14-15(9-11)28-19-17(14)18(25)22-20(23-19)27-10-16(24)21-12-4-6-13(26-2)7-5-12/h4-7,11H,3,8-10H2,1-2H3,(H,21,24)(H,22,23,25)/t11-/m0/s1. The van der Waals surface area contributed by atoms with Gasteiger partial charge in [0.25, 0.3) is 5.56 Å². The number of H-pyrrole nitrogens is 1. The molecule has 0 saturated heterocycles. The molecule has 8 heteroatoms. The number of rotatable bonds is 5. The van der Waals surface area contributed by atoms with Gasteiger partial charge in [0.1, 0.15) is 10.6 Å². The van der Waals surface area contributed by atoms with Crippen LogP contribution in [0.25, 0.3) is 10.2 Å². The van der Waals surface area contributed by atoms with Crippen LogP contribution in [0.2, 0.25) is 0 Å². The van der Waals surface area contributed by atoms with Gasteiger partial charge in [-0.25, -0.2) is 4.98 Å². The van der Waals surface area contributed by atoms with Gasteiger partial charge in [-0.1, -0.05) is 18.7 Å². The summed E-state index contributed by atoms with van der Waals surface area (Å²) in [6, 6.07) is 7.14. The first-order valence-electron chi connectivity index (χ1n) is 9.14. The Kier molecular flexibility index (Phi) is 5.41. The maximum absolute atomic E-state index is 12.6. The Balaban J connectivity index is 1.46. The normalized spacial score (nSPS) is 16.0. The van der Waals surface area contributed by atoms with Crippen LogP contribution in [-0.4, -0.2) is 28.7 Å². The van der Waals surface area contributed by atoms with E-state index in [1.807, 2.05) is 0 Å². The van der Waals surface area contributed by atoms with Crippen molar-refractivity contribution in [1.29, 1.82) is 0 Å². The zero-order valence-corrected chi connectivity index (χ0v) is 17.3. The van der Waals surface area contributed by atoms with Gasteiger partial charge in [0, 0.05) is 10.6 Å². The number of ether oxygens (including phenoxy) is 1. The number of aromatic nitrogens is 2. The van der Waals surface area contributed by atoms with E-state index in [0.717, 1.165) is 35.2 Å². The van der Waals surface area contributed by atoms with Crippen LogP contribution >= 0.6 is 23.1 Å². The van der Waals surface area contributed by atoms with E-state index in [4.69, 9.17) is 4.74 Å². The third-order valence-electron chi connectivity index (χ3n) is 4.86. The van der Waals surface area contributed by atoms with E-state index >= 15 is 0 Å². The number of fused-ring (bicyclic) bond motifs is 3. The molecular formula is C20H21N3O3S2. The molecular weight excluding hydrogens is 394 g/mol. The first kappa shape index (κ1) is 19.0. The van der Waals surface area contributed by atoms with Crippen molar-refractivity contribution in [3.05, 3.63) is 45.1 Å². The van der Waals surface area contributed by atoms with Crippen molar-refractivity contribution in [2.45, 2.75) is 31.3 Å². The largest absolute Gasteiger partial charge is 0.497 e. The van der Waals surface area contributed by atoms with E-state index in [1.54, 1.807) is 42.7 Å². The van der Waals surface area contributed by atoms with Crippen LogP contribution in [0.1, 0.15) is 23.8 Å². The van der Waals surface area contributed by atoms with Crippen molar-refractivity contribution in [3.8, 4) is 5.75 Å². The fourth-order valence-corrected chi connectivity index (χ4v) is 5.50. The summed E-state index contributed by atoms with van der Waals surface area (Å²) >= 11 is 2.85. The number of hydrogen-bond donors (Lipinski definition) is 2. The fraction of sp³-hybridized carbons (Fsp3) is 0.350. The monoisotopic (exact) mass is 415 g/mol. The third kappa shape index (κ3) is 3.93. The van der Waals surface area contributed by atoms with Gasteiger partial charge in [-0.3, -0.25) is 9.59 Å². The molecule has 6 nitrogen and oxygen atoms in total. The lowest BCUT2D eigenvalue weighted by Gasteiger charge is -2.17. The van der Waals surface area contributed by atoms with Gasteiger partial charge in [-0.05, 0) is 55.0 Å². The van der Waals surface area contributed by atoms with Crippen molar-refractivity contribution in [3.63, 3.8) is 0 Å². The molecule has 2 aromatic heterocycles. The molecule has 1 amide bonds. The molecule has 1 aromatic carbocycles. The Morgan fingerprint density at radius 3 is 2.93 bits per heavy atom. The third-order valence-corrected chi connectivity index (χ3v) is 6.88. The number of nitrogens with one attached hydrogen (secondary N) is 2. The predicted molar refractivity (Wildman–Crippen MR) is 114 cm³/mol. The van der Waals surface area contributed by atoms with Crippen LogP contribution in [0, 0.1) is 5.92 Å². The quantitative estimate of drug-likeness (QED) is 0.488. The second kappa shape index (κ2) is 7.97. The Labute approximate surface area is 170 Å². The van der Waals surface area contributed by atoms with Gasteiger partial charge < -0.3 is 15.0 Å². The van der Waals surface area contributed by atoms with E-state index in [-0.39, 0.29) is 17.2 Å². The molecule has 0 saturated carbocycles. The number of anilines is 1. The highest BCUT2D eigenvalue weighted by molar-refractivity contribution is 7.99. The lowest BCUT2D eigenvalue weighted by atomic mass is 9.89. The minimum Gasteiger partial charge on any atom is -0.497 e. The van der Waals surface area contributed by atoms with Crippen molar-refractivity contribution in [2.75, 3.05) is 18.2 Å². The molecule has 0 fully saturated rings. The zero-order chi connectivity index (χ0) is 19.7. The predicted octanol–water partition coefficient (Wildman–Crippen LogP) is 3.85. The fourth-order valence-electron chi connectivity index (χ4n) is 3.40. The van der Waals surface area contributed by atoms with Crippen molar-refractivity contribution in [2.24, 2.45) is 5.92 Å². The first-order valence-corrected chi connectivity index (χ1v) is 10.9. The summed E-state index contributed by atoms with van der Waals surface area (Å²) in [5.74, 6) is 1.39. The second-order valence-corrected chi connectivity index (χ2v) is 9.02. The number of benzene rings is 1.